The van der Waals surface area contributed by atoms with Gasteiger partial charge in [-0.1, -0.05) is 24.3 Å². The molecule has 0 radical (unpaired) electrons. The molecule has 0 N–H and O–H groups in total. The van der Waals surface area contributed by atoms with Gasteiger partial charge in [0.05, 0.1) is 17.7 Å². The van der Waals surface area contributed by atoms with Crippen molar-refractivity contribution in [2.45, 2.75) is 0 Å². The zero-order valence-corrected chi connectivity index (χ0v) is 11.8. The lowest BCUT2D eigenvalue weighted by Crippen LogP contribution is -2.09. The Morgan fingerprint density at radius 3 is 2.50 bits per heavy atom. The molecule has 0 saturated heterocycles. The fraction of sp³-hybridized carbons (Fsp3) is 0.0625. The Kier molecular flexibility index (Phi) is 3.39. The van der Waals surface area contributed by atoms with Gasteiger partial charge < -0.3 is 9.30 Å². The van der Waals surface area contributed by atoms with Crippen LogP contribution in [0.1, 0.15) is 10.5 Å². The lowest BCUT2D eigenvalue weighted by Gasteiger charge is -2.11. The molecule has 0 atom stereocenters. The van der Waals surface area contributed by atoms with Crippen molar-refractivity contribution in [3.8, 4) is 16.3 Å². The molecule has 4 heteroatoms. The van der Waals surface area contributed by atoms with Gasteiger partial charge in [0.1, 0.15) is 5.69 Å². The van der Waals surface area contributed by atoms with Gasteiger partial charge >= 0.3 is 5.97 Å². The summed E-state index contributed by atoms with van der Waals surface area (Å²) in [6.07, 6.45) is 0. The third-order valence-electron chi connectivity index (χ3n) is 3.06. The molecule has 2 heterocycles. The second-order valence-electron chi connectivity index (χ2n) is 4.24. The zero-order valence-electron chi connectivity index (χ0n) is 10.9. The van der Waals surface area contributed by atoms with E-state index in [1.807, 2.05) is 58.5 Å². The highest BCUT2D eigenvalue weighted by atomic mass is 32.1. The number of carbonyl (C=O) groups is 1. The molecule has 3 rings (SSSR count). The molecule has 0 aliphatic rings. The Hall–Kier alpha value is -2.33. The van der Waals surface area contributed by atoms with Crippen LogP contribution in [0.2, 0.25) is 0 Å². The number of ether oxygens (including phenoxy) is 1. The zero-order chi connectivity index (χ0) is 13.9. The van der Waals surface area contributed by atoms with Crippen molar-refractivity contribution < 1.29 is 9.53 Å². The lowest BCUT2D eigenvalue weighted by atomic mass is 10.3. The first kappa shape index (κ1) is 12.7. The van der Waals surface area contributed by atoms with Crippen LogP contribution in [0.15, 0.2) is 60.0 Å². The number of hydrogen-bond donors (Lipinski definition) is 0. The molecule has 3 aromatic rings. The Bertz CT molecular complexity index is 714. The number of methoxy groups -OCH3 is 1. The van der Waals surface area contributed by atoms with Gasteiger partial charge in [-0.25, -0.2) is 4.79 Å². The maximum Gasteiger partial charge on any atom is 0.355 e. The number of esters is 1. The fourth-order valence-corrected chi connectivity index (χ4v) is 2.91. The minimum Gasteiger partial charge on any atom is -0.464 e. The van der Waals surface area contributed by atoms with E-state index in [2.05, 4.69) is 0 Å². The van der Waals surface area contributed by atoms with E-state index >= 15 is 0 Å². The Labute approximate surface area is 121 Å². The van der Waals surface area contributed by atoms with Gasteiger partial charge in [0, 0.05) is 5.69 Å². The molecule has 2 aromatic heterocycles. The van der Waals surface area contributed by atoms with Gasteiger partial charge in [0.2, 0.25) is 0 Å². The van der Waals surface area contributed by atoms with E-state index in [1.54, 1.807) is 17.4 Å². The summed E-state index contributed by atoms with van der Waals surface area (Å²) < 4.78 is 6.80. The minimum absolute atomic E-state index is 0.336. The van der Waals surface area contributed by atoms with Crippen LogP contribution in [0.3, 0.4) is 0 Å². The number of thiophene rings is 1. The Balaban J connectivity index is 2.23. The molecule has 0 fully saturated rings. The maximum atomic E-state index is 12.0. The molecule has 1 aromatic carbocycles. The van der Waals surface area contributed by atoms with E-state index in [-0.39, 0.29) is 5.97 Å². The number of benzene rings is 1. The molecule has 0 bridgehead atoms. The van der Waals surface area contributed by atoms with Crippen molar-refractivity contribution in [2.24, 2.45) is 0 Å². The highest BCUT2D eigenvalue weighted by molar-refractivity contribution is 7.13. The summed E-state index contributed by atoms with van der Waals surface area (Å²) in [5.41, 5.74) is 2.47. The van der Waals surface area contributed by atoms with Crippen LogP contribution in [-0.2, 0) is 4.74 Å². The standard InChI is InChI=1S/C16H13NO2S/c1-19-16(18)14-10-9-13(15-8-5-11-20-15)17(14)12-6-3-2-4-7-12/h2-11H,1H3. The van der Waals surface area contributed by atoms with Crippen LogP contribution in [0.4, 0.5) is 0 Å². The van der Waals surface area contributed by atoms with Gasteiger partial charge in [0.15, 0.2) is 0 Å². The van der Waals surface area contributed by atoms with Crippen molar-refractivity contribution in [3.05, 3.63) is 65.7 Å². The summed E-state index contributed by atoms with van der Waals surface area (Å²) in [5, 5.41) is 2.02. The first-order valence-electron chi connectivity index (χ1n) is 6.20. The van der Waals surface area contributed by atoms with E-state index in [1.165, 1.54) is 7.11 Å². The highest BCUT2D eigenvalue weighted by Gasteiger charge is 2.18. The van der Waals surface area contributed by atoms with Crippen molar-refractivity contribution in [3.63, 3.8) is 0 Å². The number of para-hydroxylation sites is 1. The van der Waals surface area contributed by atoms with Crippen molar-refractivity contribution in [1.29, 1.82) is 0 Å². The average molecular weight is 283 g/mol. The van der Waals surface area contributed by atoms with Crippen LogP contribution in [0, 0.1) is 0 Å². The predicted molar refractivity (Wildman–Crippen MR) is 80.4 cm³/mol. The van der Waals surface area contributed by atoms with Crippen LogP contribution < -0.4 is 0 Å². The van der Waals surface area contributed by atoms with Gasteiger partial charge in [-0.05, 0) is 35.7 Å². The van der Waals surface area contributed by atoms with Crippen molar-refractivity contribution in [1.82, 2.24) is 4.57 Å². The Morgan fingerprint density at radius 2 is 1.85 bits per heavy atom. The van der Waals surface area contributed by atoms with Crippen molar-refractivity contribution >= 4 is 17.3 Å². The second kappa shape index (κ2) is 5.35. The van der Waals surface area contributed by atoms with Gasteiger partial charge in [-0.2, -0.15) is 0 Å². The Morgan fingerprint density at radius 1 is 1.05 bits per heavy atom. The molecule has 0 saturated carbocycles. The molecule has 0 amide bonds. The smallest absolute Gasteiger partial charge is 0.355 e. The number of rotatable bonds is 3. The van der Waals surface area contributed by atoms with E-state index < -0.39 is 0 Å². The molecule has 3 nitrogen and oxygen atoms in total. The predicted octanol–water partition coefficient (Wildman–Crippen LogP) is 3.99. The third-order valence-corrected chi connectivity index (χ3v) is 3.96. The van der Waals surface area contributed by atoms with E-state index in [9.17, 15) is 4.79 Å². The number of carbonyl (C=O) groups excluding carboxylic acids is 1. The normalized spacial score (nSPS) is 10.4. The highest BCUT2D eigenvalue weighted by Crippen LogP contribution is 2.30. The number of hydrogen-bond acceptors (Lipinski definition) is 3. The first-order valence-corrected chi connectivity index (χ1v) is 7.08. The summed E-state index contributed by atoms with van der Waals surface area (Å²) in [6, 6.07) is 17.6. The van der Waals surface area contributed by atoms with Gasteiger partial charge in [-0.15, -0.1) is 11.3 Å². The largest absolute Gasteiger partial charge is 0.464 e. The number of aromatic nitrogens is 1. The van der Waals surface area contributed by atoms with Crippen molar-refractivity contribution in [2.75, 3.05) is 7.11 Å². The van der Waals surface area contributed by atoms with E-state index in [4.69, 9.17) is 4.74 Å². The molecule has 0 spiro atoms. The summed E-state index contributed by atoms with van der Waals surface area (Å²) in [5.74, 6) is -0.336. The van der Waals surface area contributed by atoms with Crippen LogP contribution >= 0.6 is 11.3 Å². The van der Waals surface area contributed by atoms with E-state index in [0.717, 1.165) is 16.3 Å². The molecule has 100 valence electrons. The summed E-state index contributed by atoms with van der Waals surface area (Å²) in [7, 11) is 1.40. The first-order chi connectivity index (χ1) is 9.81. The molecule has 0 aliphatic carbocycles. The lowest BCUT2D eigenvalue weighted by molar-refractivity contribution is 0.0592. The second-order valence-corrected chi connectivity index (χ2v) is 5.19. The average Bonchev–Trinajstić information content (AvgIpc) is 3.15. The third kappa shape index (κ3) is 2.14. The topological polar surface area (TPSA) is 31.2 Å². The molecular weight excluding hydrogens is 270 g/mol. The van der Waals surface area contributed by atoms with Crippen LogP contribution in [0.25, 0.3) is 16.3 Å². The quantitative estimate of drug-likeness (QED) is 0.680. The van der Waals surface area contributed by atoms with Crippen LogP contribution in [0.5, 0.6) is 0 Å². The summed E-state index contributed by atoms with van der Waals surface area (Å²) in [6.45, 7) is 0. The number of nitrogens with zero attached hydrogens (tertiary/aromatic N) is 1. The monoisotopic (exact) mass is 283 g/mol. The van der Waals surface area contributed by atoms with E-state index in [0.29, 0.717) is 5.69 Å². The van der Waals surface area contributed by atoms with Gasteiger partial charge in [0.25, 0.3) is 0 Å². The molecular formula is C16H13NO2S. The molecule has 20 heavy (non-hydrogen) atoms. The summed E-state index contributed by atoms with van der Waals surface area (Å²) in [4.78, 5) is 13.1. The SMILES string of the molecule is COC(=O)c1ccc(-c2cccs2)n1-c1ccccc1. The van der Waals surface area contributed by atoms with Crippen LogP contribution in [-0.4, -0.2) is 17.6 Å². The molecule has 0 unspecified atom stereocenters. The van der Waals surface area contributed by atoms with Gasteiger partial charge in [-0.3, -0.25) is 0 Å². The fourth-order valence-electron chi connectivity index (χ4n) is 2.17. The maximum absolute atomic E-state index is 12.0. The minimum atomic E-state index is -0.336. The summed E-state index contributed by atoms with van der Waals surface area (Å²) >= 11 is 1.64. The molecule has 0 aliphatic heterocycles.